The van der Waals surface area contributed by atoms with Crippen molar-refractivity contribution >= 4 is 11.6 Å². The van der Waals surface area contributed by atoms with Gasteiger partial charge in [-0.25, -0.2) is 0 Å². The van der Waals surface area contributed by atoms with Crippen molar-refractivity contribution in [2.45, 2.75) is 32.7 Å². The normalized spacial score (nSPS) is 16.1. The Morgan fingerprint density at radius 2 is 2.31 bits per heavy atom. The second-order valence-corrected chi connectivity index (χ2v) is 4.57. The summed E-state index contributed by atoms with van der Waals surface area (Å²) in [7, 11) is 0. The van der Waals surface area contributed by atoms with Crippen molar-refractivity contribution in [2.24, 2.45) is 5.73 Å². The maximum atomic E-state index is 11.4. The van der Waals surface area contributed by atoms with Crippen LogP contribution < -0.4 is 10.6 Å². The largest absolute Gasteiger partial charge is 0.328 e. The first-order valence-corrected chi connectivity index (χ1v) is 5.73. The van der Waals surface area contributed by atoms with Gasteiger partial charge in [0, 0.05) is 25.2 Å². The summed E-state index contributed by atoms with van der Waals surface area (Å²) in [6.07, 6.45) is 1.83. The molecule has 1 amide bonds. The molecule has 86 valence electrons. The third kappa shape index (κ3) is 2.09. The number of hydrogen-bond acceptors (Lipinski definition) is 2. The van der Waals surface area contributed by atoms with E-state index in [4.69, 9.17) is 5.73 Å². The van der Waals surface area contributed by atoms with E-state index in [0.717, 1.165) is 25.1 Å². The number of rotatable bonds is 2. The summed E-state index contributed by atoms with van der Waals surface area (Å²) in [5.74, 6) is 0.122. The zero-order valence-corrected chi connectivity index (χ0v) is 9.86. The molecular weight excluding hydrogens is 200 g/mol. The van der Waals surface area contributed by atoms with Crippen molar-refractivity contribution in [2.75, 3.05) is 11.4 Å². The molecule has 0 bridgehead atoms. The molecule has 1 aliphatic heterocycles. The quantitative estimate of drug-likeness (QED) is 0.817. The van der Waals surface area contributed by atoms with Crippen LogP contribution in [0, 0.1) is 0 Å². The van der Waals surface area contributed by atoms with Crippen molar-refractivity contribution in [3.63, 3.8) is 0 Å². The van der Waals surface area contributed by atoms with Crippen molar-refractivity contribution in [1.82, 2.24) is 0 Å². The van der Waals surface area contributed by atoms with Crippen LogP contribution in [0.1, 0.15) is 25.0 Å². The highest BCUT2D eigenvalue weighted by molar-refractivity contribution is 5.93. The molecule has 1 atom stereocenters. The Morgan fingerprint density at radius 1 is 1.56 bits per heavy atom. The summed E-state index contributed by atoms with van der Waals surface area (Å²) in [6, 6.07) is 6.50. The van der Waals surface area contributed by atoms with E-state index < -0.39 is 0 Å². The Hall–Kier alpha value is -1.35. The fourth-order valence-electron chi connectivity index (χ4n) is 2.25. The number of hydrogen-bond donors (Lipinski definition) is 1. The Balaban J connectivity index is 2.30. The Morgan fingerprint density at radius 3 is 2.94 bits per heavy atom. The number of amides is 1. The third-order valence-corrected chi connectivity index (χ3v) is 2.98. The first kappa shape index (κ1) is 11.1. The van der Waals surface area contributed by atoms with E-state index in [9.17, 15) is 4.79 Å². The highest BCUT2D eigenvalue weighted by Crippen LogP contribution is 2.29. The fourth-order valence-corrected chi connectivity index (χ4v) is 2.25. The lowest BCUT2D eigenvalue weighted by atomic mass is 10.0. The molecule has 0 saturated heterocycles. The molecule has 1 aromatic rings. The average molecular weight is 218 g/mol. The molecule has 0 saturated carbocycles. The molecular formula is C13H18N2O. The van der Waals surface area contributed by atoms with Gasteiger partial charge in [-0.3, -0.25) is 4.79 Å². The van der Waals surface area contributed by atoms with Crippen LogP contribution in [0.4, 0.5) is 5.69 Å². The van der Waals surface area contributed by atoms with E-state index >= 15 is 0 Å². The lowest BCUT2D eigenvalue weighted by Gasteiger charge is -2.16. The van der Waals surface area contributed by atoms with Crippen LogP contribution in [0.15, 0.2) is 18.2 Å². The highest BCUT2D eigenvalue weighted by atomic mass is 16.2. The van der Waals surface area contributed by atoms with Gasteiger partial charge in [-0.1, -0.05) is 12.1 Å². The standard InChI is InChI=1S/C13H18N2O/c1-9(14)7-11-3-4-12-5-6-15(10(2)16)13(12)8-11/h3-4,8-9H,5-7,14H2,1-2H3. The van der Waals surface area contributed by atoms with E-state index in [1.807, 2.05) is 11.8 Å². The maximum absolute atomic E-state index is 11.4. The van der Waals surface area contributed by atoms with E-state index in [2.05, 4.69) is 18.2 Å². The Labute approximate surface area is 96.2 Å². The van der Waals surface area contributed by atoms with E-state index in [0.29, 0.717) is 0 Å². The number of nitrogens with zero attached hydrogens (tertiary/aromatic N) is 1. The summed E-state index contributed by atoms with van der Waals surface area (Å²) in [4.78, 5) is 13.3. The van der Waals surface area contributed by atoms with Crippen LogP contribution in [-0.2, 0) is 17.6 Å². The molecule has 0 aliphatic carbocycles. The van der Waals surface area contributed by atoms with Gasteiger partial charge in [0.25, 0.3) is 0 Å². The minimum absolute atomic E-state index is 0.122. The van der Waals surface area contributed by atoms with Gasteiger partial charge in [-0.2, -0.15) is 0 Å². The van der Waals surface area contributed by atoms with Gasteiger partial charge >= 0.3 is 0 Å². The van der Waals surface area contributed by atoms with Gasteiger partial charge in [0.1, 0.15) is 0 Å². The predicted octanol–water partition coefficient (Wildman–Crippen LogP) is 1.49. The first-order valence-electron chi connectivity index (χ1n) is 5.73. The zero-order chi connectivity index (χ0) is 11.7. The van der Waals surface area contributed by atoms with E-state index in [-0.39, 0.29) is 11.9 Å². The van der Waals surface area contributed by atoms with Crippen LogP contribution in [0.2, 0.25) is 0 Å². The molecule has 0 fully saturated rings. The molecule has 1 aromatic carbocycles. The van der Waals surface area contributed by atoms with Crippen LogP contribution in [0.25, 0.3) is 0 Å². The van der Waals surface area contributed by atoms with Crippen molar-refractivity contribution < 1.29 is 4.79 Å². The van der Waals surface area contributed by atoms with Crippen molar-refractivity contribution in [3.05, 3.63) is 29.3 Å². The fraction of sp³-hybridized carbons (Fsp3) is 0.462. The SMILES string of the molecule is CC(=O)N1CCc2ccc(CC(C)N)cc21. The number of nitrogens with two attached hydrogens (primary N) is 1. The Kier molecular flexibility index (Phi) is 2.97. The maximum Gasteiger partial charge on any atom is 0.223 e. The molecule has 2 rings (SSSR count). The second-order valence-electron chi connectivity index (χ2n) is 4.57. The molecule has 0 aromatic heterocycles. The summed E-state index contributed by atoms with van der Waals surface area (Å²) in [6.45, 7) is 4.43. The van der Waals surface area contributed by atoms with Crippen LogP contribution in [0.3, 0.4) is 0 Å². The van der Waals surface area contributed by atoms with Gasteiger partial charge in [0.15, 0.2) is 0 Å². The summed E-state index contributed by atoms with van der Waals surface area (Å²) >= 11 is 0. The first-order chi connectivity index (χ1) is 7.58. The molecule has 0 spiro atoms. The smallest absolute Gasteiger partial charge is 0.223 e. The molecule has 0 radical (unpaired) electrons. The van der Waals surface area contributed by atoms with Gasteiger partial charge in [-0.05, 0) is 37.0 Å². The number of carbonyl (C=O) groups is 1. The number of benzene rings is 1. The lowest BCUT2D eigenvalue weighted by Crippen LogP contribution is -2.26. The minimum atomic E-state index is 0.122. The van der Waals surface area contributed by atoms with Crippen molar-refractivity contribution in [1.29, 1.82) is 0 Å². The summed E-state index contributed by atoms with van der Waals surface area (Å²) in [5.41, 5.74) is 9.34. The molecule has 3 heteroatoms. The van der Waals surface area contributed by atoms with Crippen molar-refractivity contribution in [3.8, 4) is 0 Å². The van der Waals surface area contributed by atoms with E-state index in [1.54, 1.807) is 6.92 Å². The number of carbonyl (C=O) groups excluding carboxylic acids is 1. The van der Waals surface area contributed by atoms with Gasteiger partial charge < -0.3 is 10.6 Å². The van der Waals surface area contributed by atoms with Crippen LogP contribution in [0.5, 0.6) is 0 Å². The number of anilines is 1. The molecule has 16 heavy (non-hydrogen) atoms. The second kappa shape index (κ2) is 4.26. The van der Waals surface area contributed by atoms with Crippen LogP contribution in [-0.4, -0.2) is 18.5 Å². The molecule has 2 N–H and O–H groups in total. The Bertz CT molecular complexity index is 412. The summed E-state index contributed by atoms with van der Waals surface area (Å²) < 4.78 is 0. The van der Waals surface area contributed by atoms with E-state index in [1.165, 1.54) is 11.1 Å². The molecule has 1 heterocycles. The summed E-state index contributed by atoms with van der Waals surface area (Å²) in [5, 5.41) is 0. The monoisotopic (exact) mass is 218 g/mol. The minimum Gasteiger partial charge on any atom is -0.328 e. The van der Waals surface area contributed by atoms with Gasteiger partial charge in [0.2, 0.25) is 5.91 Å². The molecule has 1 aliphatic rings. The molecule has 3 nitrogen and oxygen atoms in total. The zero-order valence-electron chi connectivity index (χ0n) is 9.86. The average Bonchev–Trinajstić information content (AvgIpc) is 2.59. The van der Waals surface area contributed by atoms with Gasteiger partial charge in [-0.15, -0.1) is 0 Å². The van der Waals surface area contributed by atoms with Crippen LogP contribution >= 0.6 is 0 Å². The topological polar surface area (TPSA) is 46.3 Å². The molecule has 1 unspecified atom stereocenters. The lowest BCUT2D eigenvalue weighted by molar-refractivity contribution is -0.116. The van der Waals surface area contributed by atoms with Gasteiger partial charge in [0.05, 0.1) is 0 Å². The highest BCUT2D eigenvalue weighted by Gasteiger charge is 2.22. The number of fused-ring (bicyclic) bond motifs is 1. The third-order valence-electron chi connectivity index (χ3n) is 2.98. The predicted molar refractivity (Wildman–Crippen MR) is 65.5 cm³/mol.